The van der Waals surface area contributed by atoms with Crippen molar-refractivity contribution in [3.05, 3.63) is 39.1 Å². The number of nitrogens with one attached hydrogen (secondary N) is 2. The number of fused-ring (bicyclic) bond motifs is 5. The van der Waals surface area contributed by atoms with Crippen molar-refractivity contribution < 1.29 is 5.11 Å². The van der Waals surface area contributed by atoms with Gasteiger partial charge in [-0.25, -0.2) is 9.97 Å². The van der Waals surface area contributed by atoms with Gasteiger partial charge in [0.15, 0.2) is 5.82 Å². The zero-order valence-corrected chi connectivity index (χ0v) is 18.3. The van der Waals surface area contributed by atoms with Crippen LogP contribution >= 0.6 is 23.2 Å². The van der Waals surface area contributed by atoms with Gasteiger partial charge in [0.2, 0.25) is 0 Å². The zero-order chi connectivity index (χ0) is 20.5. The van der Waals surface area contributed by atoms with Gasteiger partial charge in [-0.15, -0.1) is 0 Å². The summed E-state index contributed by atoms with van der Waals surface area (Å²) in [5, 5.41) is 16.8. The number of hydrogen-bond donors (Lipinski definition) is 3. The van der Waals surface area contributed by atoms with Crippen LogP contribution in [0.1, 0.15) is 36.0 Å². The number of aryl methyl sites for hydroxylation is 2. The lowest BCUT2D eigenvalue weighted by Gasteiger charge is -2.29. The van der Waals surface area contributed by atoms with Crippen LogP contribution in [0.3, 0.4) is 0 Å². The molecule has 0 spiro atoms. The van der Waals surface area contributed by atoms with Gasteiger partial charge in [0, 0.05) is 31.8 Å². The van der Waals surface area contributed by atoms with Crippen LogP contribution in [-0.2, 0) is 6.42 Å². The van der Waals surface area contributed by atoms with Crippen molar-refractivity contribution in [2.75, 3.05) is 35.2 Å². The second-order valence-corrected chi connectivity index (χ2v) is 8.79. The highest BCUT2D eigenvalue weighted by atomic mass is 35.5. The maximum absolute atomic E-state index is 8.89. The highest BCUT2D eigenvalue weighted by molar-refractivity contribution is 6.30. The Kier molecular flexibility index (Phi) is 6.04. The minimum absolute atomic E-state index is 0.215. The molecule has 2 aromatic heterocycles. The van der Waals surface area contributed by atoms with Gasteiger partial charge in [-0.1, -0.05) is 23.2 Å². The molecule has 5 heterocycles. The molecule has 3 aliphatic rings. The first kappa shape index (κ1) is 20.5. The Morgan fingerprint density at radius 3 is 2.55 bits per heavy atom. The Morgan fingerprint density at radius 1 is 1.07 bits per heavy atom. The third kappa shape index (κ3) is 4.39. The lowest BCUT2D eigenvalue weighted by Crippen LogP contribution is -2.32. The number of anilines is 3. The van der Waals surface area contributed by atoms with Crippen molar-refractivity contribution >= 4 is 40.5 Å². The van der Waals surface area contributed by atoms with Crippen LogP contribution in [0.4, 0.5) is 17.3 Å². The van der Waals surface area contributed by atoms with Gasteiger partial charge in [-0.05, 0) is 68.4 Å². The van der Waals surface area contributed by atoms with E-state index in [2.05, 4.69) is 39.3 Å². The summed E-state index contributed by atoms with van der Waals surface area (Å²) in [7, 11) is 0. The van der Waals surface area contributed by atoms with E-state index < -0.39 is 0 Å². The predicted molar refractivity (Wildman–Crippen MR) is 120 cm³/mol. The third-order valence-electron chi connectivity index (χ3n) is 5.87. The van der Waals surface area contributed by atoms with Crippen LogP contribution in [0.25, 0.3) is 0 Å². The maximum Gasteiger partial charge on any atom is 0.151 e. The number of pyridine rings is 2. The van der Waals surface area contributed by atoms with E-state index >= 15 is 0 Å². The second kappa shape index (κ2) is 8.54. The van der Waals surface area contributed by atoms with Crippen molar-refractivity contribution in [2.24, 2.45) is 0 Å². The first-order valence-corrected chi connectivity index (χ1v) is 10.9. The van der Waals surface area contributed by atoms with Crippen LogP contribution in [-0.4, -0.2) is 46.9 Å². The normalized spacial score (nSPS) is 21.3. The zero-order valence-electron chi connectivity index (χ0n) is 16.8. The van der Waals surface area contributed by atoms with Crippen LogP contribution in [0.5, 0.6) is 0 Å². The second-order valence-electron chi connectivity index (χ2n) is 8.02. The Labute approximate surface area is 181 Å². The fraction of sp³-hybridized carbons (Fsp3) is 0.524. The SMILES string of the molecule is Cc1cc(Cl)nc2c1CC[C@H](CCO)N2.Cc1cc(Cl)nc2c1N1CC[C@@H](C1)N2. The fourth-order valence-electron chi connectivity index (χ4n) is 4.45. The summed E-state index contributed by atoms with van der Waals surface area (Å²) in [5.41, 5.74) is 4.91. The summed E-state index contributed by atoms with van der Waals surface area (Å²) in [5.74, 6) is 1.86. The molecule has 0 aromatic carbocycles. The molecule has 29 heavy (non-hydrogen) atoms. The minimum atomic E-state index is 0.215. The molecular weight excluding hydrogens is 409 g/mol. The van der Waals surface area contributed by atoms with Gasteiger partial charge < -0.3 is 20.6 Å². The molecule has 156 valence electrons. The van der Waals surface area contributed by atoms with Gasteiger partial charge >= 0.3 is 0 Å². The minimum Gasteiger partial charge on any atom is -0.396 e. The van der Waals surface area contributed by atoms with E-state index in [1.165, 1.54) is 28.8 Å². The molecule has 0 saturated carbocycles. The smallest absolute Gasteiger partial charge is 0.151 e. The Balaban J connectivity index is 0.000000141. The molecule has 3 N–H and O–H groups in total. The first-order chi connectivity index (χ1) is 13.9. The van der Waals surface area contributed by atoms with E-state index in [0.29, 0.717) is 22.4 Å². The lowest BCUT2D eigenvalue weighted by atomic mass is 9.96. The van der Waals surface area contributed by atoms with Gasteiger partial charge in [0.25, 0.3) is 0 Å². The van der Waals surface area contributed by atoms with E-state index in [9.17, 15) is 0 Å². The highest BCUT2D eigenvalue weighted by Crippen LogP contribution is 2.37. The van der Waals surface area contributed by atoms with E-state index in [-0.39, 0.29) is 6.61 Å². The number of rotatable bonds is 2. The number of hydrogen-bond acceptors (Lipinski definition) is 6. The molecule has 1 saturated heterocycles. The van der Waals surface area contributed by atoms with Gasteiger partial charge in [-0.3, -0.25) is 0 Å². The largest absolute Gasteiger partial charge is 0.396 e. The van der Waals surface area contributed by atoms with Crippen molar-refractivity contribution in [3.8, 4) is 0 Å². The average molecular weight is 436 g/mol. The Bertz CT molecular complexity index is 907. The van der Waals surface area contributed by atoms with Crippen LogP contribution in [0.2, 0.25) is 10.3 Å². The van der Waals surface area contributed by atoms with E-state index in [0.717, 1.165) is 44.0 Å². The Hall–Kier alpha value is -1.76. The first-order valence-electron chi connectivity index (χ1n) is 10.2. The summed E-state index contributed by atoms with van der Waals surface area (Å²) < 4.78 is 0. The number of halogens is 2. The summed E-state index contributed by atoms with van der Waals surface area (Å²) in [6.45, 7) is 6.60. The highest BCUT2D eigenvalue weighted by Gasteiger charge is 2.31. The quantitative estimate of drug-likeness (QED) is 0.613. The molecule has 0 amide bonds. The van der Waals surface area contributed by atoms with Crippen LogP contribution < -0.4 is 15.5 Å². The molecule has 3 aliphatic heterocycles. The number of aromatic nitrogens is 2. The molecule has 6 nitrogen and oxygen atoms in total. The van der Waals surface area contributed by atoms with E-state index in [4.69, 9.17) is 28.3 Å². The topological polar surface area (TPSA) is 73.3 Å². The molecule has 2 aromatic rings. The molecule has 5 rings (SSSR count). The predicted octanol–water partition coefficient (Wildman–Crippen LogP) is 4.20. The number of nitrogens with zero attached hydrogens (tertiary/aromatic N) is 3. The molecular formula is C21H27Cl2N5O. The Morgan fingerprint density at radius 2 is 1.79 bits per heavy atom. The molecule has 0 unspecified atom stereocenters. The fourth-order valence-corrected chi connectivity index (χ4v) is 4.95. The van der Waals surface area contributed by atoms with Crippen LogP contribution in [0.15, 0.2) is 12.1 Å². The molecule has 2 bridgehead atoms. The van der Waals surface area contributed by atoms with Crippen molar-refractivity contribution in [1.82, 2.24) is 9.97 Å². The van der Waals surface area contributed by atoms with Crippen molar-refractivity contribution in [1.29, 1.82) is 0 Å². The number of aliphatic hydroxyl groups excluding tert-OH is 1. The monoisotopic (exact) mass is 435 g/mol. The van der Waals surface area contributed by atoms with E-state index in [1.807, 2.05) is 12.1 Å². The lowest BCUT2D eigenvalue weighted by molar-refractivity contribution is 0.276. The molecule has 2 atom stereocenters. The van der Waals surface area contributed by atoms with Gasteiger partial charge in [0.05, 0.1) is 5.69 Å². The summed E-state index contributed by atoms with van der Waals surface area (Å²) >= 11 is 11.8. The number of aliphatic hydroxyl groups is 1. The summed E-state index contributed by atoms with van der Waals surface area (Å²) in [4.78, 5) is 11.0. The van der Waals surface area contributed by atoms with Crippen LogP contribution in [0, 0.1) is 13.8 Å². The van der Waals surface area contributed by atoms with Gasteiger partial charge in [-0.2, -0.15) is 0 Å². The molecule has 0 radical (unpaired) electrons. The standard InChI is InChI=1S/C11H15ClN2O.C10H12ClN3/c1-7-6-10(12)14-11-9(7)3-2-8(13-11)4-5-15;1-6-4-8(11)13-10-9(6)14-3-2-7(5-14)12-10/h6,8,15H,2-5H2,1H3,(H,13,14);4,7H,2-3,5H2,1H3,(H,12,13)/t8-;7-/m10/s1. The molecule has 8 heteroatoms. The van der Waals surface area contributed by atoms with Crippen molar-refractivity contribution in [2.45, 2.75) is 51.6 Å². The maximum atomic E-state index is 8.89. The van der Waals surface area contributed by atoms with Gasteiger partial charge in [0.1, 0.15) is 16.1 Å². The van der Waals surface area contributed by atoms with Crippen molar-refractivity contribution in [3.63, 3.8) is 0 Å². The third-order valence-corrected chi connectivity index (χ3v) is 6.26. The molecule has 1 fully saturated rings. The molecule has 0 aliphatic carbocycles. The summed E-state index contributed by atoms with van der Waals surface area (Å²) in [6.07, 6.45) is 4.04. The average Bonchev–Trinajstić information content (AvgIpc) is 3.02. The summed E-state index contributed by atoms with van der Waals surface area (Å²) in [6, 6.07) is 4.72. The van der Waals surface area contributed by atoms with E-state index in [1.54, 1.807) is 0 Å².